The summed E-state index contributed by atoms with van der Waals surface area (Å²) in [6.45, 7) is 1.24. The molecule has 0 saturated carbocycles. The summed E-state index contributed by atoms with van der Waals surface area (Å²) in [6.07, 6.45) is 3.69. The molecule has 2 aromatic heterocycles. The molecule has 0 unspecified atom stereocenters. The molecule has 0 saturated heterocycles. The minimum absolute atomic E-state index is 0.428. The van der Waals surface area contributed by atoms with Crippen LogP contribution in [-0.2, 0) is 13.1 Å². The van der Waals surface area contributed by atoms with Crippen LogP contribution in [0.25, 0.3) is 22.2 Å². The molecular formula is C23H24N4O4. The fourth-order valence-electron chi connectivity index (χ4n) is 3.61. The van der Waals surface area contributed by atoms with E-state index in [1.54, 1.807) is 27.4 Å². The molecule has 0 aliphatic rings. The highest BCUT2D eigenvalue weighted by molar-refractivity contribution is 5.84. The fourth-order valence-corrected chi connectivity index (χ4v) is 3.61. The highest BCUT2D eigenvalue weighted by atomic mass is 16.5. The SMILES string of the molecule is COc1ccc(-c2noc(CN(C)Cc3cccc4cnccc34)n2)c(OC)c1OC. The minimum Gasteiger partial charge on any atom is -0.493 e. The van der Waals surface area contributed by atoms with Crippen molar-refractivity contribution in [2.75, 3.05) is 28.4 Å². The Balaban J connectivity index is 1.54. The summed E-state index contributed by atoms with van der Waals surface area (Å²) in [4.78, 5) is 10.9. The molecule has 31 heavy (non-hydrogen) atoms. The predicted octanol–water partition coefficient (Wildman–Crippen LogP) is 3.94. The van der Waals surface area contributed by atoms with Gasteiger partial charge in [0.25, 0.3) is 0 Å². The van der Waals surface area contributed by atoms with Crippen molar-refractivity contribution in [2.24, 2.45) is 0 Å². The number of pyridine rings is 1. The quantitative estimate of drug-likeness (QED) is 0.424. The van der Waals surface area contributed by atoms with E-state index in [4.69, 9.17) is 18.7 Å². The largest absolute Gasteiger partial charge is 0.493 e. The second-order valence-corrected chi connectivity index (χ2v) is 7.08. The average Bonchev–Trinajstić information content (AvgIpc) is 3.26. The Morgan fingerprint density at radius 3 is 2.55 bits per heavy atom. The maximum absolute atomic E-state index is 5.53. The van der Waals surface area contributed by atoms with E-state index < -0.39 is 0 Å². The van der Waals surface area contributed by atoms with Crippen molar-refractivity contribution in [3.8, 4) is 28.6 Å². The molecule has 2 aromatic carbocycles. The molecule has 4 aromatic rings. The lowest BCUT2D eigenvalue weighted by molar-refractivity contribution is 0.261. The molecule has 0 spiro atoms. The van der Waals surface area contributed by atoms with Gasteiger partial charge in [-0.1, -0.05) is 23.4 Å². The maximum Gasteiger partial charge on any atom is 0.241 e. The molecule has 0 bridgehead atoms. The van der Waals surface area contributed by atoms with Crippen molar-refractivity contribution in [2.45, 2.75) is 13.1 Å². The second kappa shape index (κ2) is 9.01. The number of rotatable bonds is 8. The number of ether oxygens (including phenoxy) is 3. The molecule has 8 heteroatoms. The van der Waals surface area contributed by atoms with Gasteiger partial charge in [0.05, 0.1) is 33.4 Å². The molecule has 0 N–H and O–H groups in total. The van der Waals surface area contributed by atoms with Crippen LogP contribution in [-0.4, -0.2) is 48.4 Å². The summed E-state index contributed by atoms with van der Waals surface area (Å²) in [5.41, 5.74) is 1.88. The van der Waals surface area contributed by atoms with Crippen LogP contribution in [0.2, 0.25) is 0 Å². The number of benzene rings is 2. The van der Waals surface area contributed by atoms with Crippen molar-refractivity contribution >= 4 is 10.8 Å². The zero-order chi connectivity index (χ0) is 21.8. The Morgan fingerprint density at radius 1 is 0.935 bits per heavy atom. The highest BCUT2D eigenvalue weighted by Gasteiger charge is 2.21. The molecule has 0 atom stereocenters. The molecule has 0 aliphatic heterocycles. The van der Waals surface area contributed by atoms with Gasteiger partial charge >= 0.3 is 0 Å². The summed E-state index contributed by atoms with van der Waals surface area (Å²) >= 11 is 0. The second-order valence-electron chi connectivity index (χ2n) is 7.08. The molecular weight excluding hydrogens is 396 g/mol. The third-order valence-electron chi connectivity index (χ3n) is 5.03. The predicted molar refractivity (Wildman–Crippen MR) is 116 cm³/mol. The van der Waals surface area contributed by atoms with Crippen molar-refractivity contribution < 1.29 is 18.7 Å². The number of fused-ring (bicyclic) bond motifs is 1. The molecule has 160 valence electrons. The number of hydrogen-bond donors (Lipinski definition) is 0. The van der Waals surface area contributed by atoms with Gasteiger partial charge in [-0.2, -0.15) is 4.98 Å². The third kappa shape index (κ3) is 4.15. The lowest BCUT2D eigenvalue weighted by atomic mass is 10.1. The van der Waals surface area contributed by atoms with Gasteiger partial charge in [-0.05, 0) is 36.2 Å². The van der Waals surface area contributed by atoms with E-state index in [0.29, 0.717) is 41.1 Å². The van der Waals surface area contributed by atoms with E-state index in [0.717, 1.165) is 11.9 Å². The standard InChI is InChI=1S/C23H24N4O4/c1-27(13-16-7-5-6-15-12-24-11-10-17(15)16)14-20-25-23(26-31-20)18-8-9-19(28-2)22(30-4)21(18)29-3/h5-12H,13-14H2,1-4H3. The monoisotopic (exact) mass is 420 g/mol. The maximum atomic E-state index is 5.53. The highest BCUT2D eigenvalue weighted by Crippen LogP contribution is 2.43. The first-order valence-corrected chi connectivity index (χ1v) is 9.76. The van der Waals surface area contributed by atoms with Crippen LogP contribution in [0.4, 0.5) is 0 Å². The smallest absolute Gasteiger partial charge is 0.241 e. The van der Waals surface area contributed by atoms with Crippen LogP contribution in [0.3, 0.4) is 0 Å². The fraction of sp³-hybridized carbons (Fsp3) is 0.261. The first kappa shape index (κ1) is 20.6. The van der Waals surface area contributed by atoms with Crippen LogP contribution in [0.15, 0.2) is 53.3 Å². The van der Waals surface area contributed by atoms with Gasteiger partial charge in [0.1, 0.15) is 0 Å². The molecule has 0 radical (unpaired) electrons. The van der Waals surface area contributed by atoms with Gasteiger partial charge in [0, 0.05) is 24.3 Å². The van der Waals surface area contributed by atoms with Gasteiger partial charge in [-0.25, -0.2) is 0 Å². The third-order valence-corrected chi connectivity index (χ3v) is 5.03. The van der Waals surface area contributed by atoms with Crippen LogP contribution in [0, 0.1) is 0 Å². The van der Waals surface area contributed by atoms with E-state index in [-0.39, 0.29) is 0 Å². The van der Waals surface area contributed by atoms with Crippen molar-refractivity contribution in [3.05, 3.63) is 60.2 Å². The zero-order valence-electron chi connectivity index (χ0n) is 18.0. The first-order valence-electron chi connectivity index (χ1n) is 9.76. The van der Waals surface area contributed by atoms with Crippen molar-refractivity contribution in [3.63, 3.8) is 0 Å². The summed E-state index contributed by atoms with van der Waals surface area (Å²) in [5.74, 6) is 2.48. The van der Waals surface area contributed by atoms with Crippen molar-refractivity contribution in [1.82, 2.24) is 20.0 Å². The van der Waals surface area contributed by atoms with Gasteiger partial charge in [-0.3, -0.25) is 9.88 Å². The van der Waals surface area contributed by atoms with Gasteiger partial charge in [0.15, 0.2) is 11.5 Å². The normalized spacial score (nSPS) is 11.1. The Morgan fingerprint density at radius 2 is 1.77 bits per heavy atom. The Hall–Kier alpha value is -3.65. The van der Waals surface area contributed by atoms with E-state index in [1.807, 2.05) is 37.6 Å². The van der Waals surface area contributed by atoms with E-state index in [9.17, 15) is 0 Å². The minimum atomic E-state index is 0.428. The van der Waals surface area contributed by atoms with Gasteiger partial charge < -0.3 is 18.7 Å². The average molecular weight is 420 g/mol. The molecule has 0 fully saturated rings. The molecule has 2 heterocycles. The lowest BCUT2D eigenvalue weighted by Crippen LogP contribution is -2.17. The molecule has 4 rings (SSSR count). The van der Waals surface area contributed by atoms with Crippen molar-refractivity contribution in [1.29, 1.82) is 0 Å². The van der Waals surface area contributed by atoms with Crippen LogP contribution in [0.5, 0.6) is 17.2 Å². The number of nitrogens with zero attached hydrogens (tertiary/aromatic N) is 4. The Bertz CT molecular complexity index is 1190. The van der Waals surface area contributed by atoms with Crippen LogP contribution in [0.1, 0.15) is 11.5 Å². The first-order chi connectivity index (χ1) is 15.1. The molecule has 0 aliphatic carbocycles. The summed E-state index contributed by atoms with van der Waals surface area (Å²) < 4.78 is 21.8. The van der Waals surface area contributed by atoms with E-state index >= 15 is 0 Å². The summed E-state index contributed by atoms with van der Waals surface area (Å²) in [6, 6.07) is 11.9. The summed E-state index contributed by atoms with van der Waals surface area (Å²) in [5, 5.41) is 6.44. The van der Waals surface area contributed by atoms with E-state index in [2.05, 4.69) is 32.2 Å². The zero-order valence-corrected chi connectivity index (χ0v) is 18.0. The van der Waals surface area contributed by atoms with E-state index in [1.165, 1.54) is 10.9 Å². The Kier molecular flexibility index (Phi) is 5.99. The number of methoxy groups -OCH3 is 3. The van der Waals surface area contributed by atoms with Crippen LogP contribution < -0.4 is 14.2 Å². The van der Waals surface area contributed by atoms with Gasteiger partial charge in [0.2, 0.25) is 17.5 Å². The molecule has 8 nitrogen and oxygen atoms in total. The molecule has 0 amide bonds. The van der Waals surface area contributed by atoms with Crippen LogP contribution >= 0.6 is 0 Å². The number of hydrogen-bond acceptors (Lipinski definition) is 8. The number of aromatic nitrogens is 3. The van der Waals surface area contributed by atoms with Gasteiger partial charge in [-0.15, -0.1) is 0 Å². The topological polar surface area (TPSA) is 82.7 Å². The summed E-state index contributed by atoms with van der Waals surface area (Å²) in [7, 11) is 6.71. The Labute approximate surface area is 180 Å². The lowest BCUT2D eigenvalue weighted by Gasteiger charge is -2.15.